The summed E-state index contributed by atoms with van der Waals surface area (Å²) in [6, 6.07) is 63.3. The van der Waals surface area contributed by atoms with E-state index in [4.69, 9.17) is 9.98 Å². The van der Waals surface area contributed by atoms with Gasteiger partial charge in [-0.25, -0.2) is 9.98 Å². The average molecular weight is 680 g/mol. The van der Waals surface area contributed by atoms with E-state index < -0.39 is 6.17 Å². The monoisotopic (exact) mass is 679 g/mol. The Hall–Kier alpha value is -6.58. The van der Waals surface area contributed by atoms with Crippen LogP contribution in [0.2, 0.25) is 0 Å². The van der Waals surface area contributed by atoms with E-state index in [2.05, 4.69) is 159 Å². The Bertz CT molecular complexity index is 2720. The standard InChI is InChI=1S/C50H37N3/c1-50(2)43-30-37(36-25-24-32-14-9-10-19-35(32)28-36)26-27-42(43)46-44(50)31-38-20-11-12-23-41(38)45(46)39-21-13-22-40(29-39)49-52-47(33-15-5-3-6-16-33)51-48(53-49)34-17-7-4-8-18-34/h3-31,49H,1-2H3,(H,51,52,53). The zero-order valence-corrected chi connectivity index (χ0v) is 29.7. The van der Waals surface area contributed by atoms with Gasteiger partial charge in [0.2, 0.25) is 0 Å². The number of rotatable bonds is 5. The van der Waals surface area contributed by atoms with Gasteiger partial charge >= 0.3 is 0 Å². The summed E-state index contributed by atoms with van der Waals surface area (Å²) >= 11 is 0. The Morgan fingerprint density at radius 1 is 0.434 bits per heavy atom. The number of hydrogen-bond acceptors (Lipinski definition) is 3. The second-order valence-corrected chi connectivity index (χ2v) is 14.7. The highest BCUT2D eigenvalue weighted by Crippen LogP contribution is 2.55. The zero-order chi connectivity index (χ0) is 35.5. The minimum atomic E-state index is -0.405. The molecule has 0 atom stereocenters. The molecule has 0 aromatic heterocycles. The van der Waals surface area contributed by atoms with Crippen LogP contribution < -0.4 is 5.32 Å². The third-order valence-electron chi connectivity index (χ3n) is 11.1. The summed E-state index contributed by atoms with van der Waals surface area (Å²) < 4.78 is 0. The van der Waals surface area contributed by atoms with Gasteiger partial charge in [-0.3, -0.25) is 0 Å². The Kier molecular flexibility index (Phi) is 7.23. The summed E-state index contributed by atoms with van der Waals surface area (Å²) in [5.74, 6) is 1.64. The van der Waals surface area contributed by atoms with E-state index in [1.165, 1.54) is 66.1 Å². The first-order valence-electron chi connectivity index (χ1n) is 18.4. The van der Waals surface area contributed by atoms with Crippen molar-refractivity contribution in [3.63, 3.8) is 0 Å². The number of hydrogen-bond donors (Lipinski definition) is 1. The van der Waals surface area contributed by atoms with Gasteiger partial charge in [-0.05, 0) is 95.9 Å². The fourth-order valence-corrected chi connectivity index (χ4v) is 8.33. The topological polar surface area (TPSA) is 36.8 Å². The number of nitrogens with zero attached hydrogens (tertiary/aromatic N) is 2. The van der Waals surface area contributed by atoms with Gasteiger partial charge in [0, 0.05) is 16.5 Å². The van der Waals surface area contributed by atoms with Crippen molar-refractivity contribution >= 4 is 33.2 Å². The first-order valence-corrected chi connectivity index (χ1v) is 18.4. The SMILES string of the molecule is CC1(C)c2cc(-c3ccc4ccccc4c3)ccc2-c2c1cc1ccccc1c2-c1cccc(C2N=C(c3ccccc3)NC(c3ccccc3)=N2)c1. The van der Waals surface area contributed by atoms with Crippen LogP contribution in [0.3, 0.4) is 0 Å². The van der Waals surface area contributed by atoms with Gasteiger partial charge in [0.25, 0.3) is 0 Å². The maximum Gasteiger partial charge on any atom is 0.169 e. The van der Waals surface area contributed by atoms with Gasteiger partial charge in [-0.2, -0.15) is 0 Å². The molecule has 0 saturated carbocycles. The number of aliphatic imine (C=N–C) groups is 2. The molecule has 2 aliphatic rings. The van der Waals surface area contributed by atoms with Crippen molar-refractivity contribution in [1.29, 1.82) is 0 Å². The summed E-state index contributed by atoms with van der Waals surface area (Å²) in [7, 11) is 0. The van der Waals surface area contributed by atoms with Gasteiger partial charge in [0.15, 0.2) is 6.17 Å². The van der Waals surface area contributed by atoms with E-state index >= 15 is 0 Å². The molecule has 3 heteroatoms. The second kappa shape index (κ2) is 12.3. The van der Waals surface area contributed by atoms with Gasteiger partial charge < -0.3 is 5.32 Å². The smallest absolute Gasteiger partial charge is 0.169 e. The maximum absolute atomic E-state index is 5.20. The lowest BCUT2D eigenvalue weighted by molar-refractivity contribution is 0.661. The molecule has 0 bridgehead atoms. The van der Waals surface area contributed by atoms with Crippen LogP contribution in [0.15, 0.2) is 186 Å². The minimum Gasteiger partial charge on any atom is -0.324 e. The third-order valence-corrected chi connectivity index (χ3v) is 11.1. The van der Waals surface area contributed by atoms with Gasteiger partial charge in [-0.1, -0.05) is 166 Å². The molecule has 0 spiro atoms. The highest BCUT2D eigenvalue weighted by molar-refractivity contribution is 6.16. The Balaban J connectivity index is 1.14. The fraction of sp³-hybridized carbons (Fsp3) is 0.0800. The number of fused-ring (bicyclic) bond motifs is 5. The summed E-state index contributed by atoms with van der Waals surface area (Å²) in [6.45, 7) is 4.76. The molecule has 1 N–H and O–H groups in total. The van der Waals surface area contributed by atoms with Crippen LogP contribution in [0.1, 0.15) is 47.8 Å². The fourth-order valence-electron chi connectivity index (χ4n) is 8.33. The van der Waals surface area contributed by atoms with E-state index in [-0.39, 0.29) is 5.41 Å². The highest BCUT2D eigenvalue weighted by Gasteiger charge is 2.38. The highest BCUT2D eigenvalue weighted by atomic mass is 15.2. The first kappa shape index (κ1) is 31.2. The van der Waals surface area contributed by atoms with E-state index in [0.29, 0.717) is 0 Å². The van der Waals surface area contributed by atoms with Crippen LogP contribution >= 0.6 is 0 Å². The molecule has 1 aliphatic carbocycles. The van der Waals surface area contributed by atoms with E-state index in [1.807, 2.05) is 36.4 Å². The number of nitrogens with one attached hydrogen (secondary N) is 1. The summed E-state index contributed by atoms with van der Waals surface area (Å²) in [5.41, 5.74) is 13.2. The van der Waals surface area contributed by atoms with Crippen LogP contribution in [-0.4, -0.2) is 11.7 Å². The van der Waals surface area contributed by atoms with Gasteiger partial charge in [0.05, 0.1) is 0 Å². The predicted molar refractivity (Wildman–Crippen MR) is 222 cm³/mol. The molecule has 1 heterocycles. The lowest BCUT2D eigenvalue weighted by Crippen LogP contribution is -2.35. The molecule has 8 aromatic rings. The van der Waals surface area contributed by atoms with Crippen molar-refractivity contribution in [2.45, 2.75) is 25.4 Å². The Morgan fingerprint density at radius 2 is 1.04 bits per heavy atom. The molecule has 0 fully saturated rings. The van der Waals surface area contributed by atoms with Crippen molar-refractivity contribution < 1.29 is 0 Å². The molecule has 0 unspecified atom stereocenters. The average Bonchev–Trinajstić information content (AvgIpc) is 3.45. The van der Waals surface area contributed by atoms with Crippen molar-refractivity contribution in [2.24, 2.45) is 9.98 Å². The molecule has 0 amide bonds. The van der Waals surface area contributed by atoms with Crippen molar-refractivity contribution in [3.8, 4) is 33.4 Å². The second-order valence-electron chi connectivity index (χ2n) is 14.7. The summed E-state index contributed by atoms with van der Waals surface area (Å²) in [5, 5.41) is 8.55. The Labute approximate surface area is 310 Å². The zero-order valence-electron chi connectivity index (χ0n) is 29.7. The van der Waals surface area contributed by atoms with E-state index in [0.717, 1.165) is 28.4 Å². The number of amidine groups is 2. The molecule has 10 rings (SSSR count). The van der Waals surface area contributed by atoms with Gasteiger partial charge in [0.1, 0.15) is 11.7 Å². The quantitative estimate of drug-likeness (QED) is 0.193. The first-order chi connectivity index (χ1) is 26.0. The molecule has 1 aliphatic heterocycles. The maximum atomic E-state index is 5.20. The van der Waals surface area contributed by atoms with Crippen LogP contribution in [0.4, 0.5) is 0 Å². The lowest BCUT2D eigenvalue weighted by atomic mass is 9.80. The predicted octanol–water partition coefficient (Wildman–Crippen LogP) is 12.1. The summed E-state index contributed by atoms with van der Waals surface area (Å²) in [4.78, 5) is 10.4. The molecule has 3 nitrogen and oxygen atoms in total. The van der Waals surface area contributed by atoms with Crippen molar-refractivity contribution in [2.75, 3.05) is 0 Å². The van der Waals surface area contributed by atoms with E-state index in [1.54, 1.807) is 0 Å². The van der Waals surface area contributed by atoms with Crippen molar-refractivity contribution in [1.82, 2.24) is 5.32 Å². The van der Waals surface area contributed by atoms with E-state index in [9.17, 15) is 0 Å². The molecular weight excluding hydrogens is 643 g/mol. The third kappa shape index (κ3) is 5.27. The normalized spacial score (nSPS) is 14.7. The number of benzene rings is 8. The molecule has 0 saturated heterocycles. The molecule has 0 radical (unpaired) electrons. The molecule has 252 valence electrons. The minimum absolute atomic E-state index is 0.188. The Morgan fingerprint density at radius 3 is 1.77 bits per heavy atom. The largest absolute Gasteiger partial charge is 0.324 e. The molecule has 53 heavy (non-hydrogen) atoms. The van der Waals surface area contributed by atoms with Crippen molar-refractivity contribution in [3.05, 3.63) is 204 Å². The van der Waals surface area contributed by atoms with Crippen LogP contribution in [-0.2, 0) is 5.41 Å². The van der Waals surface area contributed by atoms with Crippen LogP contribution in [0.5, 0.6) is 0 Å². The summed E-state index contributed by atoms with van der Waals surface area (Å²) in [6.07, 6.45) is -0.405. The van der Waals surface area contributed by atoms with Crippen LogP contribution in [0.25, 0.3) is 54.9 Å². The lowest BCUT2D eigenvalue weighted by Gasteiger charge is -2.24. The molecular formula is C50H37N3. The van der Waals surface area contributed by atoms with Gasteiger partial charge in [-0.15, -0.1) is 0 Å². The molecule has 8 aromatic carbocycles. The van der Waals surface area contributed by atoms with Crippen LogP contribution in [0, 0.1) is 0 Å².